The topological polar surface area (TPSA) is 69.9 Å². The number of nitrogens with two attached hydrogens (primary N) is 1. The molecule has 0 saturated carbocycles. The number of hydrogen-bond acceptors (Lipinski definition) is 4. The third-order valence-electron chi connectivity index (χ3n) is 3.34. The second-order valence-corrected chi connectivity index (χ2v) is 5.04. The van der Waals surface area contributed by atoms with E-state index in [4.69, 9.17) is 10.3 Å². The van der Waals surface area contributed by atoms with Gasteiger partial charge in [-0.2, -0.15) is 4.98 Å². The molecule has 0 bridgehead atoms. The fraction of sp³-hybridized carbons (Fsp3) is 0.538. The van der Waals surface area contributed by atoms with Crippen LogP contribution in [0.5, 0.6) is 0 Å². The number of rotatable bonds is 4. The maximum absolute atomic E-state index is 6.00. The van der Waals surface area contributed by atoms with E-state index in [1.165, 1.54) is 0 Å². The van der Waals surface area contributed by atoms with Gasteiger partial charge in [-0.25, -0.2) is 0 Å². The highest BCUT2D eigenvalue weighted by Gasteiger charge is 2.16. The first-order chi connectivity index (χ1) is 8.49. The summed E-state index contributed by atoms with van der Waals surface area (Å²) in [6, 6.07) is 4.07. The first kappa shape index (κ1) is 12.8. The third kappa shape index (κ3) is 2.46. The third-order valence-corrected chi connectivity index (χ3v) is 3.34. The van der Waals surface area contributed by atoms with Gasteiger partial charge in [0.1, 0.15) is 0 Å². The van der Waals surface area contributed by atoms with Crippen molar-refractivity contribution >= 4 is 0 Å². The second-order valence-electron chi connectivity index (χ2n) is 5.04. The van der Waals surface area contributed by atoms with Gasteiger partial charge >= 0.3 is 0 Å². The van der Waals surface area contributed by atoms with Crippen LogP contribution in [0.25, 0.3) is 11.5 Å². The molecule has 1 unspecified atom stereocenters. The first-order valence-corrected chi connectivity index (χ1v) is 6.20. The first-order valence-electron chi connectivity index (χ1n) is 6.20. The number of aryl methyl sites for hydroxylation is 1. The van der Waals surface area contributed by atoms with Gasteiger partial charge in [-0.15, -0.1) is 0 Å². The van der Waals surface area contributed by atoms with Crippen molar-refractivity contribution in [2.24, 2.45) is 18.7 Å². The van der Waals surface area contributed by atoms with Gasteiger partial charge < -0.3 is 14.8 Å². The van der Waals surface area contributed by atoms with Crippen LogP contribution in [0.1, 0.15) is 25.4 Å². The van der Waals surface area contributed by atoms with E-state index in [2.05, 4.69) is 24.0 Å². The molecule has 0 radical (unpaired) electrons. The van der Waals surface area contributed by atoms with Crippen molar-refractivity contribution in [3.63, 3.8) is 0 Å². The lowest BCUT2D eigenvalue weighted by Crippen LogP contribution is -2.28. The van der Waals surface area contributed by atoms with Crippen LogP contribution in [0.2, 0.25) is 0 Å². The van der Waals surface area contributed by atoms with Gasteiger partial charge in [0, 0.05) is 25.2 Å². The van der Waals surface area contributed by atoms with E-state index in [0.717, 1.165) is 11.4 Å². The van der Waals surface area contributed by atoms with Gasteiger partial charge in [-0.3, -0.25) is 0 Å². The van der Waals surface area contributed by atoms with Crippen LogP contribution in [-0.4, -0.2) is 20.7 Å². The van der Waals surface area contributed by atoms with Crippen LogP contribution in [0, 0.1) is 12.8 Å². The van der Waals surface area contributed by atoms with E-state index in [1.807, 2.05) is 30.7 Å². The second kappa shape index (κ2) is 4.94. The van der Waals surface area contributed by atoms with Gasteiger partial charge in [0.15, 0.2) is 0 Å². The molecule has 0 aromatic carbocycles. The summed E-state index contributed by atoms with van der Waals surface area (Å²) >= 11 is 0. The van der Waals surface area contributed by atoms with Crippen molar-refractivity contribution in [1.82, 2.24) is 14.7 Å². The number of aromatic nitrogens is 3. The molecule has 98 valence electrons. The fourth-order valence-corrected chi connectivity index (χ4v) is 1.72. The SMILES string of the molecule is Cc1ccc(-c2noc(CC(N)C(C)C)n2)n1C. The van der Waals surface area contributed by atoms with Crippen LogP contribution in [0.3, 0.4) is 0 Å². The van der Waals surface area contributed by atoms with Crippen LogP contribution in [0.15, 0.2) is 16.7 Å². The van der Waals surface area contributed by atoms with E-state index in [1.54, 1.807) is 0 Å². The van der Waals surface area contributed by atoms with Crippen molar-refractivity contribution in [1.29, 1.82) is 0 Å². The summed E-state index contributed by atoms with van der Waals surface area (Å²) in [5.74, 6) is 1.62. The molecule has 0 spiro atoms. The molecule has 0 aliphatic carbocycles. The summed E-state index contributed by atoms with van der Waals surface area (Å²) in [6.45, 7) is 6.21. The summed E-state index contributed by atoms with van der Waals surface area (Å²) < 4.78 is 7.29. The molecule has 0 fully saturated rings. The molecule has 5 nitrogen and oxygen atoms in total. The van der Waals surface area contributed by atoms with Crippen LogP contribution in [-0.2, 0) is 13.5 Å². The highest BCUT2D eigenvalue weighted by Crippen LogP contribution is 2.18. The molecule has 0 aliphatic heterocycles. The molecule has 2 heterocycles. The largest absolute Gasteiger partial charge is 0.345 e. The number of hydrogen-bond donors (Lipinski definition) is 1. The predicted molar refractivity (Wildman–Crippen MR) is 70.0 cm³/mol. The quantitative estimate of drug-likeness (QED) is 0.897. The van der Waals surface area contributed by atoms with Gasteiger partial charge in [0.25, 0.3) is 0 Å². The van der Waals surface area contributed by atoms with E-state index in [0.29, 0.717) is 24.1 Å². The predicted octanol–water partition coefficient (Wildman–Crippen LogP) is 1.91. The minimum atomic E-state index is 0.0495. The number of nitrogens with zero attached hydrogens (tertiary/aromatic N) is 3. The molecule has 2 aromatic rings. The monoisotopic (exact) mass is 248 g/mol. The Hall–Kier alpha value is -1.62. The smallest absolute Gasteiger partial charge is 0.228 e. The molecule has 0 amide bonds. The Morgan fingerprint density at radius 2 is 2.11 bits per heavy atom. The molecule has 1 atom stereocenters. The zero-order valence-corrected chi connectivity index (χ0v) is 11.3. The maximum Gasteiger partial charge on any atom is 0.228 e. The summed E-state index contributed by atoms with van der Waals surface area (Å²) in [7, 11) is 1.99. The summed E-state index contributed by atoms with van der Waals surface area (Å²) in [6.07, 6.45) is 0.619. The Morgan fingerprint density at radius 3 is 2.67 bits per heavy atom. The van der Waals surface area contributed by atoms with Gasteiger partial charge in [-0.1, -0.05) is 19.0 Å². The highest BCUT2D eigenvalue weighted by molar-refractivity contribution is 5.50. The lowest BCUT2D eigenvalue weighted by molar-refractivity contribution is 0.353. The molecule has 5 heteroatoms. The Kier molecular flexibility index (Phi) is 3.52. The molecule has 18 heavy (non-hydrogen) atoms. The zero-order valence-electron chi connectivity index (χ0n) is 11.3. The van der Waals surface area contributed by atoms with Crippen LogP contribution in [0.4, 0.5) is 0 Å². The Balaban J connectivity index is 2.18. The van der Waals surface area contributed by atoms with Crippen molar-refractivity contribution in [2.75, 3.05) is 0 Å². The van der Waals surface area contributed by atoms with Crippen LogP contribution >= 0.6 is 0 Å². The lowest BCUT2D eigenvalue weighted by atomic mass is 10.0. The normalized spacial score (nSPS) is 13.2. The average molecular weight is 248 g/mol. The molecule has 0 aliphatic rings. The highest BCUT2D eigenvalue weighted by atomic mass is 16.5. The van der Waals surface area contributed by atoms with Crippen LogP contribution < -0.4 is 5.73 Å². The van der Waals surface area contributed by atoms with E-state index < -0.39 is 0 Å². The summed E-state index contributed by atoms with van der Waals surface area (Å²) in [5, 5.41) is 4.01. The van der Waals surface area contributed by atoms with E-state index >= 15 is 0 Å². The van der Waals surface area contributed by atoms with Crippen molar-refractivity contribution < 1.29 is 4.52 Å². The molecular formula is C13H20N4O. The molecule has 2 aromatic heterocycles. The van der Waals surface area contributed by atoms with Crippen molar-refractivity contribution in [3.05, 3.63) is 23.7 Å². The van der Waals surface area contributed by atoms with Gasteiger partial charge in [0.05, 0.1) is 5.69 Å². The fourth-order valence-electron chi connectivity index (χ4n) is 1.72. The molecule has 2 rings (SSSR count). The van der Waals surface area contributed by atoms with Crippen molar-refractivity contribution in [2.45, 2.75) is 33.2 Å². The summed E-state index contributed by atoms with van der Waals surface area (Å²) in [4.78, 5) is 4.40. The summed E-state index contributed by atoms with van der Waals surface area (Å²) in [5.41, 5.74) is 8.12. The average Bonchev–Trinajstić information content (AvgIpc) is 2.88. The zero-order chi connectivity index (χ0) is 13.3. The lowest BCUT2D eigenvalue weighted by Gasteiger charge is -2.11. The molecule has 2 N–H and O–H groups in total. The Morgan fingerprint density at radius 1 is 1.39 bits per heavy atom. The Labute approximate surface area is 107 Å². The maximum atomic E-state index is 6.00. The molecule has 0 saturated heterocycles. The molecular weight excluding hydrogens is 228 g/mol. The van der Waals surface area contributed by atoms with E-state index in [-0.39, 0.29) is 6.04 Å². The van der Waals surface area contributed by atoms with Crippen molar-refractivity contribution in [3.8, 4) is 11.5 Å². The minimum absolute atomic E-state index is 0.0495. The van der Waals surface area contributed by atoms with Gasteiger partial charge in [0.2, 0.25) is 11.7 Å². The van der Waals surface area contributed by atoms with Gasteiger partial charge in [-0.05, 0) is 25.0 Å². The van der Waals surface area contributed by atoms with E-state index in [9.17, 15) is 0 Å². The minimum Gasteiger partial charge on any atom is -0.345 e. The standard InChI is InChI=1S/C13H20N4O/c1-8(2)10(14)7-12-15-13(16-18-12)11-6-5-9(3)17(11)4/h5-6,8,10H,7,14H2,1-4H3. The Bertz CT molecular complexity index is 527.